The molecule has 0 radical (unpaired) electrons. The minimum absolute atomic E-state index is 0.341. The van der Waals surface area contributed by atoms with Gasteiger partial charge < -0.3 is 0 Å². The lowest BCUT2D eigenvalue weighted by molar-refractivity contribution is 0.693. The van der Waals surface area contributed by atoms with E-state index >= 15 is 0 Å². The molecule has 5 heteroatoms. The molecule has 0 fully saturated rings. The van der Waals surface area contributed by atoms with E-state index in [1.807, 2.05) is 12.1 Å². The molecule has 0 N–H and O–H groups in total. The van der Waals surface area contributed by atoms with Gasteiger partial charge in [0.1, 0.15) is 0 Å². The second kappa shape index (κ2) is 4.30. The van der Waals surface area contributed by atoms with E-state index in [4.69, 9.17) is 1.37 Å². The van der Waals surface area contributed by atoms with E-state index in [1.54, 1.807) is 6.07 Å². The summed E-state index contributed by atoms with van der Waals surface area (Å²) in [7, 11) is 1.53. The van der Waals surface area contributed by atoms with Crippen LogP contribution in [0.2, 0.25) is 0 Å². The monoisotopic (exact) mass is 220 g/mol. The van der Waals surface area contributed by atoms with E-state index in [2.05, 4.69) is 17.4 Å². The van der Waals surface area contributed by atoms with Crippen LogP contribution in [-0.2, 0) is 13.5 Å². The molecule has 16 heavy (non-hydrogen) atoms. The van der Waals surface area contributed by atoms with Crippen LogP contribution in [0.4, 0.5) is 0 Å². The maximum atomic E-state index is 11.7. The van der Waals surface area contributed by atoms with E-state index < -0.39 is 0 Å². The van der Waals surface area contributed by atoms with Gasteiger partial charge in [-0.05, 0) is 34.5 Å². The Bertz CT molecular complexity index is 587. The Kier molecular flexibility index (Phi) is 2.51. The molecule has 1 aromatic heterocycles. The zero-order valence-corrected chi connectivity index (χ0v) is 9.34. The van der Waals surface area contributed by atoms with Crippen LogP contribution in [0.3, 0.4) is 0 Å². The molecule has 1 heterocycles. The number of tetrazole rings is 1. The Morgan fingerprint density at radius 2 is 2.25 bits per heavy atom. The topological polar surface area (TPSA) is 52.7 Å². The Morgan fingerprint density at radius 1 is 1.44 bits per heavy atom. The van der Waals surface area contributed by atoms with Crippen LogP contribution in [0.15, 0.2) is 29.0 Å². The third-order valence-electron chi connectivity index (χ3n) is 2.31. The number of hydrogen-bond donors (Lipinski definition) is 0. The highest BCUT2D eigenvalue weighted by Crippen LogP contribution is 2.09. The van der Waals surface area contributed by atoms with Gasteiger partial charge >= 0.3 is 5.69 Å². The van der Waals surface area contributed by atoms with Gasteiger partial charge in [-0.15, -0.1) is 0 Å². The molecule has 0 aliphatic carbocycles. The smallest absolute Gasteiger partial charge is 0.244 e. The molecule has 0 amide bonds. The van der Waals surface area contributed by atoms with E-state index in [9.17, 15) is 4.79 Å². The van der Waals surface area contributed by atoms with E-state index in [1.165, 1.54) is 7.05 Å². The summed E-state index contributed by atoms with van der Waals surface area (Å²) in [5.41, 5.74) is 1.06. The Labute approximate surface area is 94.7 Å². The van der Waals surface area contributed by atoms with E-state index in [0.29, 0.717) is 11.7 Å². The van der Waals surface area contributed by atoms with Crippen molar-refractivity contribution in [3.8, 4) is 5.69 Å². The average molecular weight is 220 g/mol. The molecule has 0 bridgehead atoms. The maximum absolute atomic E-state index is 11.7. The summed E-state index contributed by atoms with van der Waals surface area (Å²) in [6, 6.07) is 5.78. The first kappa shape index (κ1) is 9.33. The van der Waals surface area contributed by atoms with Gasteiger partial charge in [0.25, 0.3) is 0 Å². The van der Waals surface area contributed by atoms with Crippen molar-refractivity contribution in [1.29, 1.82) is 0 Å². The van der Waals surface area contributed by atoms with Gasteiger partial charge in [0.15, 0.2) is 0 Å². The van der Waals surface area contributed by atoms with Crippen molar-refractivity contribution in [3.05, 3.63) is 40.3 Å². The molecule has 0 spiro atoms. The molecule has 0 atom stereocenters. The second-order valence-corrected chi connectivity index (χ2v) is 3.61. The third-order valence-corrected chi connectivity index (χ3v) is 2.31. The normalized spacial score (nSPS) is 11.5. The van der Waals surface area contributed by atoms with Gasteiger partial charge in [-0.25, -0.2) is 4.79 Å². The average Bonchev–Trinajstić information content (AvgIpc) is 2.64. The predicted molar refractivity (Wildman–Crippen MR) is 60.6 cm³/mol. The summed E-state index contributed by atoms with van der Waals surface area (Å²) >= 11 is 0. The summed E-state index contributed by atoms with van der Waals surface area (Å²) in [6.07, 6.45) is 1.78. The number of hydrogen-bond acceptors (Lipinski definition) is 3. The second-order valence-electron chi connectivity index (χ2n) is 3.61. The first-order chi connectivity index (χ1) is 8.15. The minimum Gasteiger partial charge on any atom is -0.244 e. The molecule has 0 aliphatic rings. The lowest BCUT2D eigenvalue weighted by atomic mass is 10.1. The zero-order chi connectivity index (χ0) is 12.4. The van der Waals surface area contributed by atoms with Crippen LogP contribution in [0, 0.1) is 0 Å². The van der Waals surface area contributed by atoms with Crippen molar-refractivity contribution >= 4 is 0 Å². The van der Waals surface area contributed by atoms with Gasteiger partial charge in [-0.1, -0.05) is 25.5 Å². The number of benzene rings is 1. The van der Waals surface area contributed by atoms with Crippen molar-refractivity contribution < 1.29 is 1.37 Å². The largest absolute Gasteiger partial charge is 0.368 e. The summed E-state index contributed by atoms with van der Waals surface area (Å²) in [4.78, 5) is 11.7. The highest BCUT2D eigenvalue weighted by molar-refractivity contribution is 5.34. The Morgan fingerprint density at radius 3 is 2.88 bits per heavy atom. The zero-order valence-electron chi connectivity index (χ0n) is 10.3. The van der Waals surface area contributed by atoms with Gasteiger partial charge in [0, 0.05) is 7.05 Å². The molecule has 1 aromatic carbocycles. The highest BCUT2D eigenvalue weighted by Gasteiger charge is 2.05. The Hall–Kier alpha value is -1.91. The van der Waals surface area contributed by atoms with Gasteiger partial charge in [0.05, 0.1) is 7.06 Å². The maximum Gasteiger partial charge on any atom is 0.368 e. The quantitative estimate of drug-likeness (QED) is 0.772. The van der Waals surface area contributed by atoms with Crippen molar-refractivity contribution in [2.24, 2.45) is 7.05 Å². The van der Waals surface area contributed by atoms with Crippen LogP contribution >= 0.6 is 0 Å². The fourth-order valence-electron chi connectivity index (χ4n) is 1.51. The van der Waals surface area contributed by atoms with E-state index in [-0.39, 0.29) is 5.69 Å². The van der Waals surface area contributed by atoms with Crippen LogP contribution in [0.5, 0.6) is 0 Å². The van der Waals surface area contributed by atoms with Crippen LogP contribution in [0.25, 0.3) is 5.69 Å². The molecular weight excluding hydrogens is 204 g/mol. The van der Waals surface area contributed by atoms with Crippen molar-refractivity contribution in [1.82, 2.24) is 19.8 Å². The molecule has 2 aromatic rings. The summed E-state index contributed by atoms with van der Waals surface area (Å²) < 4.78 is 10.4. The van der Waals surface area contributed by atoms with Crippen LogP contribution in [-0.4, -0.2) is 19.8 Å². The van der Waals surface area contributed by atoms with Crippen LogP contribution in [0.1, 0.15) is 20.3 Å². The van der Waals surface area contributed by atoms with E-state index in [0.717, 1.165) is 27.8 Å². The number of aryl methyl sites for hydroxylation is 2. The lowest BCUT2D eigenvalue weighted by Gasteiger charge is -2.02. The molecule has 84 valence electrons. The molecule has 5 nitrogen and oxygen atoms in total. The molecule has 0 saturated heterocycles. The summed E-state index contributed by atoms with van der Waals surface area (Å²) in [5.74, 6) is 0. The molecule has 0 aliphatic heterocycles. The SMILES string of the molecule is [3H]c1c(CCC)cccc1-n1nnn(C)c1=O. The van der Waals surface area contributed by atoms with Gasteiger partial charge in [-0.3, -0.25) is 0 Å². The summed E-state index contributed by atoms with van der Waals surface area (Å²) in [6.45, 7) is 2.06. The van der Waals surface area contributed by atoms with Crippen molar-refractivity contribution in [2.45, 2.75) is 19.8 Å². The third kappa shape index (κ3) is 1.88. The Balaban J connectivity index is 2.56. The van der Waals surface area contributed by atoms with Crippen LogP contribution < -0.4 is 5.69 Å². The fraction of sp³-hybridized carbons (Fsp3) is 0.364. The number of nitrogens with zero attached hydrogens (tertiary/aromatic N) is 4. The highest BCUT2D eigenvalue weighted by atomic mass is 16.2. The number of rotatable bonds is 3. The van der Waals surface area contributed by atoms with Gasteiger partial charge in [-0.2, -0.15) is 9.36 Å². The van der Waals surface area contributed by atoms with Gasteiger partial charge in [0.2, 0.25) is 0 Å². The number of aromatic nitrogens is 4. The standard InChI is InChI=1S/C11H14N4O/c1-3-5-9-6-4-7-10(8-9)15-11(16)14(2)12-13-15/h4,6-8H,3,5H2,1-2H3/i8T. The molecule has 2 rings (SSSR count). The molecular formula is C11H14N4O. The first-order valence-electron chi connectivity index (χ1n) is 5.73. The fourth-order valence-corrected chi connectivity index (χ4v) is 1.51. The molecule has 0 unspecified atom stereocenters. The first-order valence-corrected chi connectivity index (χ1v) is 5.23. The van der Waals surface area contributed by atoms with Crippen molar-refractivity contribution in [3.63, 3.8) is 0 Å². The minimum atomic E-state index is -0.341. The molecule has 0 saturated carbocycles. The summed E-state index contributed by atoms with van der Waals surface area (Å²) in [5, 5.41) is 7.39. The predicted octanol–water partition coefficient (Wildman–Crippen LogP) is 0.918. The lowest BCUT2D eigenvalue weighted by Crippen LogP contribution is -2.21. The van der Waals surface area contributed by atoms with Crippen molar-refractivity contribution in [2.75, 3.05) is 0 Å².